The summed E-state index contributed by atoms with van der Waals surface area (Å²) >= 11 is 0. The molecule has 0 spiro atoms. The van der Waals surface area contributed by atoms with Gasteiger partial charge in [-0.2, -0.15) is 0 Å². The molecule has 24 heteroatoms. The fourth-order valence-electron chi connectivity index (χ4n) is 7.92. The van der Waals surface area contributed by atoms with E-state index in [1.807, 2.05) is 0 Å². The first-order valence-electron chi connectivity index (χ1n) is 27.6. The summed E-state index contributed by atoms with van der Waals surface area (Å²) in [6.45, 7) is 29.6. The van der Waals surface area contributed by atoms with Gasteiger partial charge in [0.05, 0.1) is 112 Å². The number of hydrogen-bond donors (Lipinski definition) is 9. The maximum atomic E-state index is 10.7. The Bertz CT molecular complexity index is 937. The van der Waals surface area contributed by atoms with Gasteiger partial charge in [-0.25, -0.2) is 0 Å². The molecule has 8 fully saturated rings. The predicted molar refractivity (Wildman–Crippen MR) is 278 cm³/mol. The average Bonchev–Trinajstić information content (AvgIpc) is 4.22. The zero-order valence-electron chi connectivity index (χ0n) is 45.8. The molecule has 448 valence electrons. The minimum Gasteiger partial charge on any atom is -0.854 e. The number of nitrogens with zero attached hydrogens (tertiary/aromatic N) is 8. The van der Waals surface area contributed by atoms with Crippen molar-refractivity contribution in [2.75, 3.05) is 289 Å². The van der Waals surface area contributed by atoms with E-state index in [4.69, 9.17) is 51.1 Å². The van der Waals surface area contributed by atoms with Crippen LogP contribution < -0.4 is 20.4 Å². The molecule has 0 aliphatic carbocycles. The number of likely N-dealkylation sites (tertiary alicyclic amines) is 2. The van der Waals surface area contributed by atoms with E-state index in [1.165, 1.54) is 51.6 Å². The quantitative estimate of drug-likeness (QED) is 0.0404. The Balaban J connectivity index is 0. The highest BCUT2D eigenvalue weighted by Gasteiger charge is 2.30. The van der Waals surface area contributed by atoms with Crippen LogP contribution in [0, 0.1) is 0 Å². The van der Waals surface area contributed by atoms with E-state index < -0.39 is 0 Å². The van der Waals surface area contributed by atoms with Gasteiger partial charge in [0.2, 0.25) is 0 Å². The number of epoxide rings is 3. The van der Waals surface area contributed by atoms with Crippen molar-refractivity contribution in [3.05, 3.63) is 0 Å². The van der Waals surface area contributed by atoms with Crippen LogP contribution >= 0.6 is 0 Å². The highest BCUT2D eigenvalue weighted by molar-refractivity contribution is 4.72. The molecule has 9 N–H and O–H groups in total. The van der Waals surface area contributed by atoms with E-state index in [-0.39, 0.29) is 79.3 Å². The third-order valence-corrected chi connectivity index (χ3v) is 12.4. The van der Waals surface area contributed by atoms with Crippen molar-refractivity contribution in [1.29, 1.82) is 0 Å². The fourth-order valence-corrected chi connectivity index (χ4v) is 7.92. The molecule has 0 atom stereocenters. The monoisotopic (exact) mass is 1080 g/mol. The van der Waals surface area contributed by atoms with Crippen LogP contribution in [0.5, 0.6) is 0 Å². The highest BCUT2D eigenvalue weighted by Crippen LogP contribution is 2.12. The Kier molecular flexibility index (Phi) is 59.1. The first-order chi connectivity index (χ1) is 36.2. The standard InChI is InChI=1S/C10H22N2O3.C8H18N2O2.C8H17N2O2.C7H15NO.C7H14NO.C2H6O2.C2H5O2.3C2H4O/c13-8-3-11-1-4-12(5-2-11,6-9-14)7-10-15;2*11-7-5-9-1-2-10(4-3-9)6-8-12;2*9-7-6-8-4-2-1-3-5-8;2*3-1-2-4;3*1-2-3-1/h13-14H,1-10H2;11-12H,1-8H2;11H,1-8H2;9H,1-7H2;1-7H2;3-4H,1-2H2;3H,1-2H2;3*1-2H2/q;;-1;;-1;;-1;;;. The van der Waals surface area contributed by atoms with Crippen molar-refractivity contribution < 1.29 is 85.1 Å². The zero-order valence-corrected chi connectivity index (χ0v) is 45.8. The number of piperazine rings is 3. The van der Waals surface area contributed by atoms with Crippen LogP contribution in [0.4, 0.5) is 0 Å². The summed E-state index contributed by atoms with van der Waals surface area (Å²) in [5.41, 5.74) is 0. The zero-order chi connectivity index (χ0) is 55.0. The molecule has 0 aromatic heterocycles. The van der Waals surface area contributed by atoms with Gasteiger partial charge >= 0.3 is 0 Å². The number of β-amino-alcohol motifs (C(OH)–C–C–N with tert-alkyl or cyclic N) is 5. The first-order valence-corrected chi connectivity index (χ1v) is 27.6. The van der Waals surface area contributed by atoms with Crippen LogP contribution in [-0.4, -0.2) is 374 Å². The van der Waals surface area contributed by atoms with Gasteiger partial charge < -0.3 is 99.8 Å². The van der Waals surface area contributed by atoms with Gasteiger partial charge in [-0.15, -0.1) is 19.8 Å². The largest absolute Gasteiger partial charge is 0.854 e. The van der Waals surface area contributed by atoms with Crippen molar-refractivity contribution in [2.24, 2.45) is 0 Å². The molecule has 74 heavy (non-hydrogen) atoms. The number of aliphatic hydroxyl groups is 9. The molecule has 0 saturated carbocycles. The van der Waals surface area contributed by atoms with Crippen LogP contribution in [0.15, 0.2) is 0 Å². The lowest BCUT2D eigenvalue weighted by atomic mass is 10.1. The van der Waals surface area contributed by atoms with Crippen LogP contribution in [0.25, 0.3) is 0 Å². The van der Waals surface area contributed by atoms with Crippen molar-refractivity contribution >= 4 is 0 Å². The second kappa shape index (κ2) is 58.2. The molecule has 8 aliphatic rings. The molecule has 24 nitrogen and oxygen atoms in total. The van der Waals surface area contributed by atoms with E-state index in [1.54, 1.807) is 0 Å². The van der Waals surface area contributed by atoms with E-state index in [2.05, 4.69) is 48.5 Å². The minimum absolute atomic E-state index is 0. The molecule has 0 unspecified atom stereocenters. The summed E-state index contributed by atoms with van der Waals surface area (Å²) in [5.74, 6) is 0. The van der Waals surface area contributed by atoms with E-state index in [0.717, 1.165) is 175 Å². The van der Waals surface area contributed by atoms with Crippen LogP contribution in [0.1, 0.15) is 38.5 Å². The second-order valence-electron chi connectivity index (χ2n) is 18.4. The predicted octanol–water partition coefficient (Wildman–Crippen LogP) is -8.33. The Labute approximate surface area is 446 Å². The van der Waals surface area contributed by atoms with Crippen molar-refractivity contribution in [2.45, 2.75) is 38.5 Å². The Morgan fingerprint density at radius 3 is 0.743 bits per heavy atom. The lowest BCUT2D eigenvalue weighted by Crippen LogP contribution is -2.62. The molecule has 0 aromatic rings. The Hall–Kier alpha value is -0.960. The van der Waals surface area contributed by atoms with E-state index in [9.17, 15) is 15.3 Å². The van der Waals surface area contributed by atoms with Gasteiger partial charge in [-0.05, 0) is 65.0 Å². The SMILES string of the molecule is C1CO1.C1CO1.C1CO1.OCCN1CCCCC1.OCCN1CCN(CCO)CC1.OCCO.[O-]CCN1CCCCC1.[O-]CCN1CCN(CCO)CC1.[O-]CCO.[O-]CC[N+]1(CCO)CCN(CCO)CC1. The normalized spacial score (nSPS) is 20.6. The second-order valence-corrected chi connectivity index (χ2v) is 18.4. The van der Waals surface area contributed by atoms with Crippen molar-refractivity contribution in [3.63, 3.8) is 0 Å². The Morgan fingerprint density at radius 1 is 0.270 bits per heavy atom. The summed E-state index contributed by atoms with van der Waals surface area (Å²) in [6, 6.07) is 0. The summed E-state index contributed by atoms with van der Waals surface area (Å²) in [6.07, 6.45) is 7.96. The molecule has 8 aliphatic heterocycles. The number of ether oxygens (including phenoxy) is 3. The summed E-state index contributed by atoms with van der Waals surface area (Å²) in [7, 11) is 0. The average molecular weight is 1080 g/mol. The lowest BCUT2D eigenvalue weighted by molar-refractivity contribution is -0.936. The number of aliphatic hydroxyl groups excluding tert-OH is 9. The molecule has 8 saturated heterocycles. The maximum absolute atomic E-state index is 10.7. The van der Waals surface area contributed by atoms with Gasteiger partial charge in [-0.1, -0.05) is 19.4 Å². The highest BCUT2D eigenvalue weighted by atomic mass is 16.6. The summed E-state index contributed by atoms with van der Waals surface area (Å²) in [4.78, 5) is 15.7. The van der Waals surface area contributed by atoms with Crippen molar-refractivity contribution in [3.8, 4) is 0 Å². The topological polar surface area (TPSA) is 335 Å². The molecular weight excluding hydrogens is 969 g/mol. The lowest BCUT2D eigenvalue weighted by Gasteiger charge is -2.45. The molecule has 8 heterocycles. The van der Waals surface area contributed by atoms with Gasteiger partial charge in [-0.3, -0.25) is 19.6 Å². The number of piperidine rings is 2. The molecular formula is C50H109N8O16-3. The molecule has 8 rings (SSSR count). The van der Waals surface area contributed by atoms with Crippen LogP contribution in [0.3, 0.4) is 0 Å². The first kappa shape index (κ1) is 75.1. The van der Waals surface area contributed by atoms with Gasteiger partial charge in [0.15, 0.2) is 0 Å². The summed E-state index contributed by atoms with van der Waals surface area (Å²) < 4.78 is 14.3. The third kappa shape index (κ3) is 53.1. The fraction of sp³-hybridized carbons (Fsp3) is 1.00. The number of rotatable bonds is 20. The Morgan fingerprint density at radius 2 is 0.527 bits per heavy atom. The van der Waals surface area contributed by atoms with E-state index >= 15 is 0 Å². The van der Waals surface area contributed by atoms with Crippen LogP contribution in [0.2, 0.25) is 0 Å². The van der Waals surface area contributed by atoms with Gasteiger partial charge in [0, 0.05) is 105 Å². The maximum Gasteiger partial charge on any atom is 0.102 e. The number of hydrogen-bond acceptors (Lipinski definition) is 23. The van der Waals surface area contributed by atoms with Crippen LogP contribution in [-0.2, 0) is 14.2 Å². The molecule has 0 amide bonds. The summed E-state index contributed by atoms with van der Waals surface area (Å²) in [5, 5.41) is 116. The van der Waals surface area contributed by atoms with Gasteiger partial charge in [0.1, 0.15) is 6.54 Å². The molecule has 0 radical (unpaired) electrons. The molecule has 0 bridgehead atoms. The van der Waals surface area contributed by atoms with E-state index in [0.29, 0.717) is 26.2 Å². The smallest absolute Gasteiger partial charge is 0.102 e. The minimum atomic E-state index is -0.375. The van der Waals surface area contributed by atoms with Crippen molar-refractivity contribution in [1.82, 2.24) is 34.3 Å². The third-order valence-electron chi connectivity index (χ3n) is 12.4. The number of quaternary nitrogens is 1. The molecule has 0 aromatic carbocycles. The van der Waals surface area contributed by atoms with Gasteiger partial charge in [0.25, 0.3) is 0 Å².